The molecule has 0 saturated carbocycles. The van der Waals surface area contributed by atoms with Crippen LogP contribution in [0.3, 0.4) is 0 Å². The SMILES string of the molecule is CCOC(=O)CN1CC(COc2ccc(-c3ccc4c(c3)CCC4)cc2)C1. The van der Waals surface area contributed by atoms with E-state index in [9.17, 15) is 4.79 Å². The summed E-state index contributed by atoms with van der Waals surface area (Å²) in [5.41, 5.74) is 5.54. The second-order valence-electron chi connectivity index (χ2n) is 7.54. The van der Waals surface area contributed by atoms with E-state index >= 15 is 0 Å². The van der Waals surface area contributed by atoms with Gasteiger partial charge in [-0.2, -0.15) is 0 Å². The van der Waals surface area contributed by atoms with Crippen molar-refractivity contribution in [2.75, 3.05) is 32.8 Å². The monoisotopic (exact) mass is 365 g/mol. The van der Waals surface area contributed by atoms with Crippen LogP contribution >= 0.6 is 0 Å². The van der Waals surface area contributed by atoms with Crippen molar-refractivity contribution in [1.82, 2.24) is 4.90 Å². The molecule has 4 rings (SSSR count). The Bertz CT molecular complexity index is 794. The van der Waals surface area contributed by atoms with Crippen LogP contribution in [0.15, 0.2) is 42.5 Å². The largest absolute Gasteiger partial charge is 0.493 e. The summed E-state index contributed by atoms with van der Waals surface area (Å²) in [6, 6.07) is 15.2. The van der Waals surface area contributed by atoms with E-state index in [4.69, 9.17) is 9.47 Å². The Hall–Kier alpha value is -2.33. The van der Waals surface area contributed by atoms with Gasteiger partial charge in [-0.15, -0.1) is 0 Å². The van der Waals surface area contributed by atoms with Crippen LogP contribution in [0, 0.1) is 5.92 Å². The average molecular weight is 365 g/mol. The normalized spacial score (nSPS) is 16.6. The summed E-state index contributed by atoms with van der Waals surface area (Å²) in [6.45, 7) is 5.15. The molecule has 4 nitrogen and oxygen atoms in total. The highest BCUT2D eigenvalue weighted by Gasteiger charge is 2.29. The highest BCUT2D eigenvalue weighted by atomic mass is 16.5. The number of nitrogens with zero attached hydrogens (tertiary/aromatic N) is 1. The van der Waals surface area contributed by atoms with E-state index in [2.05, 4.69) is 47.4 Å². The van der Waals surface area contributed by atoms with Gasteiger partial charge in [-0.25, -0.2) is 0 Å². The number of fused-ring (bicyclic) bond motifs is 1. The van der Waals surface area contributed by atoms with Crippen LogP contribution in [0.5, 0.6) is 5.75 Å². The summed E-state index contributed by atoms with van der Waals surface area (Å²) in [6.07, 6.45) is 3.71. The standard InChI is InChI=1S/C23H27NO3/c1-2-26-23(25)15-24-13-17(14-24)16-27-22-10-8-19(9-11-22)21-7-6-18-4-3-5-20(18)12-21/h6-12,17H,2-5,13-16H2,1H3. The van der Waals surface area contributed by atoms with Gasteiger partial charge in [0, 0.05) is 19.0 Å². The molecule has 1 aliphatic heterocycles. The molecule has 0 atom stereocenters. The summed E-state index contributed by atoms with van der Waals surface area (Å²) < 4.78 is 10.9. The zero-order valence-electron chi connectivity index (χ0n) is 15.9. The third kappa shape index (κ3) is 4.33. The van der Waals surface area contributed by atoms with E-state index in [1.807, 2.05) is 6.92 Å². The van der Waals surface area contributed by atoms with E-state index in [-0.39, 0.29) is 5.97 Å². The average Bonchev–Trinajstić information content (AvgIpc) is 3.12. The minimum Gasteiger partial charge on any atom is -0.493 e. The Balaban J connectivity index is 1.25. The number of benzene rings is 2. The smallest absolute Gasteiger partial charge is 0.320 e. The number of rotatable bonds is 7. The van der Waals surface area contributed by atoms with Crippen LogP contribution in [-0.2, 0) is 22.4 Å². The lowest BCUT2D eigenvalue weighted by atomic mass is 10.0. The zero-order valence-corrected chi connectivity index (χ0v) is 15.9. The van der Waals surface area contributed by atoms with Gasteiger partial charge in [0.05, 0.1) is 19.8 Å². The lowest BCUT2D eigenvalue weighted by Gasteiger charge is -2.38. The molecule has 0 spiro atoms. The van der Waals surface area contributed by atoms with Crippen molar-refractivity contribution in [2.45, 2.75) is 26.2 Å². The van der Waals surface area contributed by atoms with Crippen molar-refractivity contribution in [1.29, 1.82) is 0 Å². The number of ether oxygens (including phenoxy) is 2. The Morgan fingerprint density at radius 3 is 2.56 bits per heavy atom. The molecular formula is C23H27NO3. The molecular weight excluding hydrogens is 338 g/mol. The van der Waals surface area contributed by atoms with E-state index in [1.54, 1.807) is 0 Å². The minimum atomic E-state index is -0.140. The lowest BCUT2D eigenvalue weighted by molar-refractivity contribution is -0.146. The van der Waals surface area contributed by atoms with Crippen molar-refractivity contribution >= 4 is 5.97 Å². The van der Waals surface area contributed by atoms with Crippen LogP contribution in [-0.4, -0.2) is 43.7 Å². The molecule has 2 aromatic carbocycles. The maximum absolute atomic E-state index is 11.4. The quantitative estimate of drug-likeness (QED) is 0.701. The molecule has 2 aliphatic rings. The number of hydrogen-bond acceptors (Lipinski definition) is 4. The van der Waals surface area contributed by atoms with Gasteiger partial charge in [-0.05, 0) is 60.6 Å². The first-order valence-corrected chi connectivity index (χ1v) is 9.94. The summed E-state index contributed by atoms with van der Waals surface area (Å²) in [4.78, 5) is 13.5. The van der Waals surface area contributed by atoms with Gasteiger partial charge in [0.15, 0.2) is 0 Å². The molecule has 0 unspecified atom stereocenters. The van der Waals surface area contributed by atoms with Gasteiger partial charge in [0.25, 0.3) is 0 Å². The highest BCUT2D eigenvalue weighted by molar-refractivity contribution is 5.71. The Labute approximate surface area is 161 Å². The van der Waals surface area contributed by atoms with Crippen molar-refractivity contribution in [3.8, 4) is 16.9 Å². The van der Waals surface area contributed by atoms with Crippen LogP contribution < -0.4 is 4.74 Å². The molecule has 2 aromatic rings. The molecule has 1 fully saturated rings. The topological polar surface area (TPSA) is 38.8 Å². The number of likely N-dealkylation sites (tertiary alicyclic amines) is 1. The van der Waals surface area contributed by atoms with Crippen LogP contribution in [0.25, 0.3) is 11.1 Å². The van der Waals surface area contributed by atoms with Crippen molar-refractivity contribution in [3.63, 3.8) is 0 Å². The maximum Gasteiger partial charge on any atom is 0.320 e. The molecule has 0 amide bonds. The van der Waals surface area contributed by atoms with E-state index in [0.29, 0.717) is 25.7 Å². The first-order valence-electron chi connectivity index (χ1n) is 9.94. The molecule has 1 saturated heterocycles. The molecule has 0 radical (unpaired) electrons. The maximum atomic E-state index is 11.4. The van der Waals surface area contributed by atoms with Crippen molar-refractivity contribution in [3.05, 3.63) is 53.6 Å². The number of carbonyl (C=O) groups is 1. The summed E-state index contributed by atoms with van der Waals surface area (Å²) in [7, 11) is 0. The van der Waals surface area contributed by atoms with Gasteiger partial charge in [0.2, 0.25) is 0 Å². The fourth-order valence-electron chi connectivity index (χ4n) is 4.01. The van der Waals surface area contributed by atoms with Gasteiger partial charge >= 0.3 is 5.97 Å². The van der Waals surface area contributed by atoms with Crippen molar-refractivity contribution in [2.24, 2.45) is 5.92 Å². The minimum absolute atomic E-state index is 0.140. The van der Waals surface area contributed by atoms with E-state index in [0.717, 1.165) is 18.8 Å². The summed E-state index contributed by atoms with van der Waals surface area (Å²) >= 11 is 0. The van der Waals surface area contributed by atoms with E-state index in [1.165, 1.54) is 41.5 Å². The Kier molecular flexibility index (Phi) is 5.44. The third-order valence-electron chi connectivity index (χ3n) is 5.46. The summed E-state index contributed by atoms with van der Waals surface area (Å²) in [5.74, 6) is 1.25. The van der Waals surface area contributed by atoms with E-state index < -0.39 is 0 Å². The Morgan fingerprint density at radius 1 is 1.04 bits per heavy atom. The second kappa shape index (κ2) is 8.13. The van der Waals surface area contributed by atoms with Crippen LogP contribution in [0.4, 0.5) is 0 Å². The predicted molar refractivity (Wildman–Crippen MR) is 106 cm³/mol. The number of esters is 1. The third-order valence-corrected chi connectivity index (χ3v) is 5.46. The second-order valence-corrected chi connectivity index (χ2v) is 7.54. The van der Waals surface area contributed by atoms with Gasteiger partial charge in [0.1, 0.15) is 5.75 Å². The van der Waals surface area contributed by atoms with Crippen molar-refractivity contribution < 1.29 is 14.3 Å². The lowest BCUT2D eigenvalue weighted by Crippen LogP contribution is -2.51. The Morgan fingerprint density at radius 2 is 1.78 bits per heavy atom. The molecule has 1 heterocycles. The van der Waals surface area contributed by atoms with Gasteiger partial charge in [-0.1, -0.05) is 30.3 Å². The molecule has 142 valence electrons. The number of carbonyl (C=O) groups excluding carboxylic acids is 1. The first kappa shape index (κ1) is 18.1. The molecule has 1 aliphatic carbocycles. The first-order chi connectivity index (χ1) is 13.2. The van der Waals surface area contributed by atoms with Crippen LogP contribution in [0.1, 0.15) is 24.5 Å². The van der Waals surface area contributed by atoms with Gasteiger partial charge < -0.3 is 9.47 Å². The fraction of sp³-hybridized carbons (Fsp3) is 0.435. The van der Waals surface area contributed by atoms with Gasteiger partial charge in [-0.3, -0.25) is 9.69 Å². The zero-order chi connectivity index (χ0) is 18.6. The molecule has 27 heavy (non-hydrogen) atoms. The summed E-state index contributed by atoms with van der Waals surface area (Å²) in [5, 5.41) is 0. The molecule has 0 bridgehead atoms. The molecule has 0 aromatic heterocycles. The highest BCUT2D eigenvalue weighted by Crippen LogP contribution is 2.29. The molecule has 0 N–H and O–H groups in total. The number of hydrogen-bond donors (Lipinski definition) is 0. The van der Waals surface area contributed by atoms with Crippen LogP contribution in [0.2, 0.25) is 0 Å². The molecule has 4 heteroatoms. The predicted octanol–water partition coefficient (Wildman–Crippen LogP) is 3.72. The number of aryl methyl sites for hydroxylation is 2. The fourth-order valence-corrected chi connectivity index (χ4v) is 4.01.